The Kier molecular flexibility index (Phi) is 5.43. The van der Waals surface area contributed by atoms with E-state index < -0.39 is 36.5 Å². The minimum atomic E-state index is -0.997. The van der Waals surface area contributed by atoms with Crippen LogP contribution in [0.25, 0.3) is 10.4 Å². The molecule has 9 nitrogen and oxygen atoms in total. The second-order valence-electron chi connectivity index (χ2n) is 6.38. The van der Waals surface area contributed by atoms with Crippen LogP contribution in [-0.4, -0.2) is 48.2 Å². The van der Waals surface area contributed by atoms with E-state index in [1.807, 2.05) is 30.3 Å². The van der Waals surface area contributed by atoms with Crippen molar-refractivity contribution >= 4 is 0 Å². The van der Waals surface area contributed by atoms with Crippen LogP contribution < -0.4 is 0 Å². The molecule has 0 spiro atoms. The van der Waals surface area contributed by atoms with Gasteiger partial charge in [-0.3, -0.25) is 0 Å². The molecule has 2 fully saturated rings. The summed E-state index contributed by atoms with van der Waals surface area (Å²) in [5.74, 6) is -0.840. The Hall–Kier alpha value is -1.87. The highest BCUT2D eigenvalue weighted by atomic mass is 16.9. The first-order valence-corrected chi connectivity index (χ1v) is 8.01. The smallest absolute Gasteiger partial charge is 0.191 e. The summed E-state index contributed by atoms with van der Waals surface area (Å²) in [5, 5.41) is 13.5. The summed E-state index contributed by atoms with van der Waals surface area (Å²) in [6.07, 6.45) is -3.90. The van der Waals surface area contributed by atoms with Crippen LogP contribution in [0.15, 0.2) is 35.6 Å². The molecule has 9 heteroatoms. The molecule has 1 aromatic rings. The predicted molar refractivity (Wildman–Crippen MR) is 84.8 cm³/mol. The number of rotatable bonds is 7. The largest absolute Gasteiger partial charge is 0.424 e. The molecule has 2 saturated heterocycles. The van der Waals surface area contributed by atoms with Crippen LogP contribution in [0.4, 0.5) is 0 Å². The van der Waals surface area contributed by atoms with E-state index in [1.165, 1.54) is 0 Å². The van der Waals surface area contributed by atoms with Gasteiger partial charge in [0.15, 0.2) is 24.3 Å². The molecular weight excluding hydrogens is 330 g/mol. The summed E-state index contributed by atoms with van der Waals surface area (Å²) in [5.41, 5.74) is 9.49. The molecule has 136 valence electrons. The third-order valence-corrected chi connectivity index (χ3v) is 4.01. The Morgan fingerprint density at radius 2 is 2.08 bits per heavy atom. The molecule has 0 radical (unpaired) electrons. The normalized spacial score (nSPS) is 31.2. The van der Waals surface area contributed by atoms with Gasteiger partial charge >= 0.3 is 0 Å². The molecule has 2 heterocycles. The van der Waals surface area contributed by atoms with Gasteiger partial charge in [-0.15, -0.1) is 0 Å². The summed E-state index contributed by atoms with van der Waals surface area (Å²) in [6, 6.07) is 9.61. The summed E-state index contributed by atoms with van der Waals surface area (Å²) in [4.78, 5) is 7.70. The van der Waals surface area contributed by atoms with Crippen LogP contribution in [0, 0.1) is 0 Å². The fourth-order valence-corrected chi connectivity index (χ4v) is 2.98. The summed E-state index contributed by atoms with van der Waals surface area (Å²) < 4.78 is 22.6. The van der Waals surface area contributed by atoms with E-state index in [2.05, 4.69) is 10.2 Å². The summed E-state index contributed by atoms with van der Waals surface area (Å²) >= 11 is 0. The van der Waals surface area contributed by atoms with Gasteiger partial charge in [0.1, 0.15) is 17.5 Å². The van der Waals surface area contributed by atoms with Crippen LogP contribution >= 0.6 is 0 Å². The highest BCUT2D eigenvalue weighted by Gasteiger charge is 2.57. The fraction of sp³-hybridized carbons (Fsp3) is 0.625. The number of fused-ring (bicyclic) bond motifs is 1. The van der Waals surface area contributed by atoms with Crippen LogP contribution in [0.3, 0.4) is 0 Å². The van der Waals surface area contributed by atoms with Crippen molar-refractivity contribution in [2.45, 2.75) is 56.9 Å². The van der Waals surface area contributed by atoms with Gasteiger partial charge in [0, 0.05) is 4.91 Å². The molecule has 5 atom stereocenters. The fourth-order valence-electron chi connectivity index (χ4n) is 2.98. The van der Waals surface area contributed by atoms with Crippen LogP contribution in [0.1, 0.15) is 19.4 Å². The number of ether oxygens (including phenoxy) is 4. The third kappa shape index (κ3) is 4.21. The Bertz CT molecular complexity index is 622. The van der Waals surface area contributed by atoms with E-state index in [0.717, 1.165) is 5.56 Å². The van der Waals surface area contributed by atoms with Crippen molar-refractivity contribution in [2.75, 3.05) is 6.61 Å². The van der Waals surface area contributed by atoms with E-state index in [0.29, 0.717) is 6.61 Å². The summed E-state index contributed by atoms with van der Waals surface area (Å²) in [6.45, 7) is 3.87. The first-order chi connectivity index (χ1) is 12.0. The molecule has 0 saturated carbocycles. The molecule has 25 heavy (non-hydrogen) atoms. The van der Waals surface area contributed by atoms with Crippen LogP contribution in [0.2, 0.25) is 0 Å². The zero-order chi connectivity index (χ0) is 17.9. The molecule has 0 bridgehead atoms. The van der Waals surface area contributed by atoms with Crippen molar-refractivity contribution in [3.8, 4) is 0 Å². The minimum absolute atomic E-state index is 0.0263. The maximum absolute atomic E-state index is 10.4. The number of nitrogens with zero attached hydrogens (tertiary/aromatic N) is 3. The number of aliphatic hydroxyl groups is 1. The van der Waals surface area contributed by atoms with Gasteiger partial charge in [0.05, 0.1) is 13.2 Å². The van der Waals surface area contributed by atoms with E-state index in [-0.39, 0.29) is 6.61 Å². The zero-order valence-electron chi connectivity index (χ0n) is 14.0. The zero-order valence-corrected chi connectivity index (χ0v) is 14.0. The molecule has 3 rings (SSSR count). The number of hydrogen-bond acceptors (Lipinski definition) is 7. The van der Waals surface area contributed by atoms with Gasteiger partial charge in [-0.2, -0.15) is 0 Å². The summed E-state index contributed by atoms with van der Waals surface area (Å²) in [7, 11) is 0. The van der Waals surface area contributed by atoms with E-state index in [1.54, 1.807) is 13.8 Å². The Morgan fingerprint density at radius 1 is 1.32 bits per heavy atom. The average Bonchev–Trinajstić information content (AvgIpc) is 3.06. The van der Waals surface area contributed by atoms with Gasteiger partial charge in [-0.1, -0.05) is 30.3 Å². The minimum Gasteiger partial charge on any atom is -0.424 e. The van der Waals surface area contributed by atoms with Crippen molar-refractivity contribution in [3.63, 3.8) is 0 Å². The molecule has 2 aliphatic heterocycles. The van der Waals surface area contributed by atoms with E-state index in [9.17, 15) is 5.11 Å². The van der Waals surface area contributed by atoms with Gasteiger partial charge in [-0.25, -0.2) is 0 Å². The molecule has 0 aliphatic carbocycles. The molecule has 2 aliphatic rings. The van der Waals surface area contributed by atoms with Crippen molar-refractivity contribution < 1.29 is 28.9 Å². The number of aliphatic hydroxyl groups excluding tert-OH is 1. The SMILES string of the molecule is CC1(C)O[C@H]2O[C@H]([C@H](O)COCc3ccccc3)[C@@H](ON=[N+]=[N-])[C@H]2O1. The molecule has 0 unspecified atom stereocenters. The maximum Gasteiger partial charge on any atom is 0.191 e. The monoisotopic (exact) mass is 351 g/mol. The van der Waals surface area contributed by atoms with Gasteiger partial charge in [0.2, 0.25) is 0 Å². The molecular formula is C16H21N3O6. The molecule has 1 aromatic carbocycles. The van der Waals surface area contributed by atoms with Crippen LogP contribution in [0.5, 0.6) is 0 Å². The predicted octanol–water partition coefficient (Wildman–Crippen LogP) is 2.05. The topological polar surface area (TPSA) is 115 Å². The first kappa shape index (κ1) is 17.9. The van der Waals surface area contributed by atoms with Crippen molar-refractivity contribution in [3.05, 3.63) is 46.3 Å². The van der Waals surface area contributed by atoms with E-state index >= 15 is 0 Å². The molecule has 1 N–H and O–H groups in total. The lowest BCUT2D eigenvalue weighted by Crippen LogP contribution is -2.43. The number of hydrogen-bond donors (Lipinski definition) is 1. The molecule has 0 aromatic heterocycles. The van der Waals surface area contributed by atoms with Crippen molar-refractivity contribution in [1.29, 1.82) is 0 Å². The van der Waals surface area contributed by atoms with Crippen LogP contribution in [-0.2, 0) is 30.4 Å². The highest BCUT2D eigenvalue weighted by Crippen LogP contribution is 2.39. The van der Waals surface area contributed by atoms with Gasteiger partial charge in [-0.05, 0) is 24.9 Å². The molecule has 0 amide bonds. The third-order valence-electron chi connectivity index (χ3n) is 4.01. The first-order valence-electron chi connectivity index (χ1n) is 8.01. The Labute approximate surface area is 145 Å². The lowest BCUT2D eigenvalue weighted by Gasteiger charge is -2.27. The number of benzene rings is 1. The Morgan fingerprint density at radius 3 is 2.80 bits per heavy atom. The second-order valence-corrected chi connectivity index (χ2v) is 6.38. The van der Waals surface area contributed by atoms with Gasteiger partial charge < -0.3 is 28.9 Å². The lowest BCUT2D eigenvalue weighted by atomic mass is 10.1. The Balaban J connectivity index is 1.58. The second kappa shape index (κ2) is 7.57. The van der Waals surface area contributed by atoms with Gasteiger partial charge in [0.25, 0.3) is 0 Å². The lowest BCUT2D eigenvalue weighted by molar-refractivity contribution is -0.232. The van der Waals surface area contributed by atoms with E-state index in [4.69, 9.17) is 29.3 Å². The standard InChI is InChI=1S/C16H21N3O6/c1-16(2)23-14-13(25-19-18-17)12(22-15(14)24-16)11(20)9-21-8-10-6-4-3-5-7-10/h3-7,11-15,20H,8-9H2,1-2H3/t11-,12-,13-,14-,15-/m1/s1. The highest BCUT2D eigenvalue weighted by molar-refractivity contribution is 5.13. The maximum atomic E-state index is 10.4. The average molecular weight is 351 g/mol. The number of azide groups is 1. The van der Waals surface area contributed by atoms with Crippen molar-refractivity contribution in [2.24, 2.45) is 5.28 Å². The van der Waals surface area contributed by atoms with Crippen molar-refractivity contribution in [1.82, 2.24) is 0 Å². The quantitative estimate of drug-likeness (QED) is 0.348.